The molecule has 1 unspecified atom stereocenters. The fourth-order valence-corrected chi connectivity index (χ4v) is 2.09. The molecule has 1 N–H and O–H groups in total. The van der Waals surface area contributed by atoms with Gasteiger partial charge in [0.1, 0.15) is 0 Å². The molecule has 0 aliphatic carbocycles. The van der Waals surface area contributed by atoms with Crippen LogP contribution in [0, 0.1) is 0 Å². The first kappa shape index (κ1) is 14.5. The van der Waals surface area contributed by atoms with E-state index < -0.39 is 0 Å². The molecule has 1 atom stereocenters. The van der Waals surface area contributed by atoms with E-state index in [1.54, 1.807) is 19.2 Å². The van der Waals surface area contributed by atoms with Crippen molar-refractivity contribution in [3.05, 3.63) is 34.3 Å². The maximum absolute atomic E-state index is 11.9. The third kappa shape index (κ3) is 5.06. The maximum Gasteiger partial charge on any atom is 0.251 e. The zero-order chi connectivity index (χ0) is 12.7. The molecule has 0 saturated heterocycles. The molecule has 3 nitrogen and oxygen atoms in total. The standard InChI is InChI=1S/C12H15BrClNO2/c1-17-8-11(5-6-14)15-12(16)9-3-2-4-10(13)7-9/h2-4,7,11H,5-6,8H2,1H3,(H,15,16). The van der Waals surface area contributed by atoms with E-state index in [0.29, 0.717) is 24.5 Å². The molecule has 5 heteroatoms. The summed E-state index contributed by atoms with van der Waals surface area (Å²) in [6.07, 6.45) is 0.690. The molecule has 0 aromatic heterocycles. The molecule has 0 aliphatic rings. The molecule has 1 aromatic carbocycles. The molecule has 1 amide bonds. The fraction of sp³-hybridized carbons (Fsp3) is 0.417. The van der Waals surface area contributed by atoms with Crippen LogP contribution in [-0.4, -0.2) is 31.5 Å². The largest absolute Gasteiger partial charge is 0.383 e. The Morgan fingerprint density at radius 1 is 1.59 bits per heavy atom. The molecule has 94 valence electrons. The zero-order valence-electron chi connectivity index (χ0n) is 9.58. The molecule has 0 heterocycles. The van der Waals surface area contributed by atoms with Crippen LogP contribution in [0.4, 0.5) is 0 Å². The van der Waals surface area contributed by atoms with E-state index in [1.165, 1.54) is 0 Å². The van der Waals surface area contributed by atoms with E-state index in [1.807, 2.05) is 12.1 Å². The lowest BCUT2D eigenvalue weighted by Gasteiger charge is -2.16. The first-order valence-electron chi connectivity index (χ1n) is 5.28. The van der Waals surface area contributed by atoms with Gasteiger partial charge in [-0.2, -0.15) is 0 Å². The average molecular weight is 321 g/mol. The Balaban J connectivity index is 2.63. The van der Waals surface area contributed by atoms with E-state index in [9.17, 15) is 4.79 Å². The summed E-state index contributed by atoms with van der Waals surface area (Å²) in [7, 11) is 1.60. The summed E-state index contributed by atoms with van der Waals surface area (Å²) in [6, 6.07) is 7.20. The number of nitrogens with one attached hydrogen (secondary N) is 1. The SMILES string of the molecule is COCC(CCCl)NC(=O)c1cccc(Br)c1. The summed E-state index contributed by atoms with van der Waals surface area (Å²) < 4.78 is 5.91. The Hall–Kier alpha value is -0.580. The van der Waals surface area contributed by atoms with Gasteiger partial charge in [0.2, 0.25) is 0 Å². The smallest absolute Gasteiger partial charge is 0.251 e. The number of benzene rings is 1. The van der Waals surface area contributed by atoms with Gasteiger partial charge in [0, 0.05) is 23.0 Å². The Kier molecular flexibility index (Phi) is 6.55. The highest BCUT2D eigenvalue weighted by Crippen LogP contribution is 2.11. The lowest BCUT2D eigenvalue weighted by Crippen LogP contribution is -2.38. The van der Waals surface area contributed by atoms with Crippen LogP contribution in [0.3, 0.4) is 0 Å². The Morgan fingerprint density at radius 2 is 2.35 bits per heavy atom. The predicted molar refractivity (Wildman–Crippen MR) is 72.6 cm³/mol. The minimum Gasteiger partial charge on any atom is -0.383 e. The van der Waals surface area contributed by atoms with Gasteiger partial charge in [-0.15, -0.1) is 11.6 Å². The van der Waals surface area contributed by atoms with Crippen LogP contribution in [0.2, 0.25) is 0 Å². The van der Waals surface area contributed by atoms with E-state index in [0.717, 1.165) is 4.47 Å². The summed E-state index contributed by atoms with van der Waals surface area (Å²) in [5.41, 5.74) is 0.620. The number of carbonyl (C=O) groups excluding carboxylic acids is 1. The van der Waals surface area contributed by atoms with E-state index in [-0.39, 0.29) is 11.9 Å². The molecule has 0 saturated carbocycles. The van der Waals surface area contributed by atoms with Crippen molar-refractivity contribution in [1.82, 2.24) is 5.32 Å². The molecular weight excluding hydrogens is 305 g/mol. The van der Waals surface area contributed by atoms with Crippen molar-refractivity contribution in [2.45, 2.75) is 12.5 Å². The van der Waals surface area contributed by atoms with Crippen molar-refractivity contribution in [2.75, 3.05) is 19.6 Å². The van der Waals surface area contributed by atoms with Crippen LogP contribution in [0.1, 0.15) is 16.8 Å². The van der Waals surface area contributed by atoms with Crippen molar-refractivity contribution in [3.63, 3.8) is 0 Å². The summed E-state index contributed by atoms with van der Waals surface area (Å²) in [5, 5.41) is 2.89. The van der Waals surface area contributed by atoms with Crippen molar-refractivity contribution < 1.29 is 9.53 Å². The molecular formula is C12H15BrClNO2. The first-order valence-corrected chi connectivity index (χ1v) is 6.61. The first-order chi connectivity index (χ1) is 8.17. The van der Waals surface area contributed by atoms with Gasteiger partial charge in [-0.3, -0.25) is 4.79 Å². The number of hydrogen-bond donors (Lipinski definition) is 1. The number of ether oxygens (including phenoxy) is 1. The lowest BCUT2D eigenvalue weighted by atomic mass is 10.2. The molecule has 1 rings (SSSR count). The second-order valence-electron chi connectivity index (χ2n) is 3.61. The van der Waals surface area contributed by atoms with Gasteiger partial charge in [-0.05, 0) is 24.6 Å². The molecule has 0 radical (unpaired) electrons. The average Bonchev–Trinajstić information content (AvgIpc) is 2.29. The minimum absolute atomic E-state index is 0.0519. The number of rotatable bonds is 6. The van der Waals surface area contributed by atoms with Crippen molar-refractivity contribution in [2.24, 2.45) is 0 Å². The normalized spacial score (nSPS) is 12.2. The third-order valence-electron chi connectivity index (χ3n) is 2.25. The van der Waals surface area contributed by atoms with Crippen LogP contribution in [0.25, 0.3) is 0 Å². The fourth-order valence-electron chi connectivity index (χ4n) is 1.43. The molecule has 0 bridgehead atoms. The molecule has 0 spiro atoms. The Labute approximate surface area is 115 Å². The van der Waals surface area contributed by atoms with Gasteiger partial charge in [-0.25, -0.2) is 0 Å². The summed E-state index contributed by atoms with van der Waals surface area (Å²) >= 11 is 9.00. The molecule has 0 aliphatic heterocycles. The van der Waals surface area contributed by atoms with Gasteiger partial charge < -0.3 is 10.1 Å². The van der Waals surface area contributed by atoms with Gasteiger partial charge in [-0.1, -0.05) is 22.0 Å². The van der Waals surface area contributed by atoms with Crippen molar-refractivity contribution >= 4 is 33.4 Å². The number of carbonyl (C=O) groups is 1. The van der Waals surface area contributed by atoms with E-state index >= 15 is 0 Å². The third-order valence-corrected chi connectivity index (χ3v) is 2.96. The van der Waals surface area contributed by atoms with Gasteiger partial charge in [0.05, 0.1) is 12.6 Å². The van der Waals surface area contributed by atoms with Gasteiger partial charge in [0.25, 0.3) is 5.91 Å². The van der Waals surface area contributed by atoms with Gasteiger partial charge in [0.15, 0.2) is 0 Å². The van der Waals surface area contributed by atoms with Crippen LogP contribution in [-0.2, 0) is 4.74 Å². The van der Waals surface area contributed by atoms with E-state index in [4.69, 9.17) is 16.3 Å². The number of halogens is 2. The molecule has 17 heavy (non-hydrogen) atoms. The monoisotopic (exact) mass is 319 g/mol. The highest BCUT2D eigenvalue weighted by Gasteiger charge is 2.13. The molecule has 0 fully saturated rings. The second kappa shape index (κ2) is 7.69. The summed E-state index contributed by atoms with van der Waals surface area (Å²) in [4.78, 5) is 11.9. The lowest BCUT2D eigenvalue weighted by molar-refractivity contribution is 0.0895. The molecule has 1 aromatic rings. The Morgan fingerprint density at radius 3 is 2.94 bits per heavy atom. The highest BCUT2D eigenvalue weighted by atomic mass is 79.9. The van der Waals surface area contributed by atoms with Crippen LogP contribution in [0.5, 0.6) is 0 Å². The van der Waals surface area contributed by atoms with Gasteiger partial charge >= 0.3 is 0 Å². The van der Waals surface area contributed by atoms with Crippen LogP contribution >= 0.6 is 27.5 Å². The summed E-state index contributed by atoms with van der Waals surface area (Å²) in [6.45, 7) is 0.465. The Bertz CT molecular complexity index is 367. The van der Waals surface area contributed by atoms with Crippen LogP contribution < -0.4 is 5.32 Å². The predicted octanol–water partition coefficient (Wildman–Crippen LogP) is 2.82. The minimum atomic E-state index is -0.113. The maximum atomic E-state index is 11.9. The number of methoxy groups -OCH3 is 1. The van der Waals surface area contributed by atoms with Crippen molar-refractivity contribution in [1.29, 1.82) is 0 Å². The number of amides is 1. The quantitative estimate of drug-likeness (QED) is 0.819. The van der Waals surface area contributed by atoms with E-state index in [2.05, 4.69) is 21.2 Å². The highest BCUT2D eigenvalue weighted by molar-refractivity contribution is 9.10. The number of alkyl halides is 1. The summed E-state index contributed by atoms with van der Waals surface area (Å²) in [5.74, 6) is 0.380. The van der Waals surface area contributed by atoms with Crippen LogP contribution in [0.15, 0.2) is 28.7 Å². The number of hydrogen-bond acceptors (Lipinski definition) is 2. The van der Waals surface area contributed by atoms with Crippen molar-refractivity contribution in [3.8, 4) is 0 Å². The zero-order valence-corrected chi connectivity index (χ0v) is 11.9. The topological polar surface area (TPSA) is 38.3 Å². The second-order valence-corrected chi connectivity index (χ2v) is 4.91.